The molecule has 0 saturated carbocycles. The number of nitrogens with zero attached hydrogens (tertiary/aromatic N) is 2. The highest BCUT2D eigenvalue weighted by atomic mass is 16.5. The van der Waals surface area contributed by atoms with Crippen molar-refractivity contribution in [3.05, 3.63) is 64.4 Å². The normalized spacial score (nSPS) is 11.0. The first-order chi connectivity index (χ1) is 11.3. The van der Waals surface area contributed by atoms with Gasteiger partial charge in [-0.1, -0.05) is 12.1 Å². The summed E-state index contributed by atoms with van der Waals surface area (Å²) in [5, 5.41) is 4.64. The van der Waals surface area contributed by atoms with E-state index in [9.17, 15) is 4.79 Å². The lowest BCUT2D eigenvalue weighted by Gasteiger charge is -2.03. The minimum Gasteiger partial charge on any atom is -0.494 e. The maximum Gasteiger partial charge on any atom is 0.260 e. The third-order valence-corrected chi connectivity index (χ3v) is 3.19. The van der Waals surface area contributed by atoms with E-state index in [2.05, 4.69) is 20.5 Å². The Kier molecular flexibility index (Phi) is 4.33. The maximum atomic E-state index is 11.9. The number of H-pyrrole nitrogens is 1. The molecule has 6 nitrogen and oxygen atoms in total. The third kappa shape index (κ3) is 3.55. The molecule has 0 amide bonds. The summed E-state index contributed by atoms with van der Waals surface area (Å²) in [6, 6.07) is 14.7. The van der Waals surface area contributed by atoms with E-state index in [0.717, 1.165) is 11.3 Å². The average Bonchev–Trinajstić information content (AvgIpc) is 2.57. The van der Waals surface area contributed by atoms with Gasteiger partial charge in [0.2, 0.25) is 5.95 Å². The van der Waals surface area contributed by atoms with Crippen LogP contribution in [-0.2, 0) is 0 Å². The highest BCUT2D eigenvalue weighted by molar-refractivity contribution is 5.81. The van der Waals surface area contributed by atoms with Crippen molar-refractivity contribution in [2.45, 2.75) is 6.92 Å². The molecule has 0 aliphatic carbocycles. The zero-order valence-electron chi connectivity index (χ0n) is 12.6. The van der Waals surface area contributed by atoms with Crippen LogP contribution in [0.2, 0.25) is 0 Å². The second-order valence-electron chi connectivity index (χ2n) is 4.80. The molecule has 0 aliphatic rings. The fraction of sp³-hybridized carbons (Fsp3) is 0.118. The van der Waals surface area contributed by atoms with E-state index in [1.165, 1.54) is 0 Å². The van der Waals surface area contributed by atoms with Crippen LogP contribution in [0.5, 0.6) is 5.75 Å². The van der Waals surface area contributed by atoms with Crippen molar-refractivity contribution in [3.8, 4) is 5.75 Å². The minimum atomic E-state index is -0.200. The van der Waals surface area contributed by atoms with Crippen LogP contribution in [0, 0.1) is 0 Å². The Labute approximate surface area is 132 Å². The molecule has 0 radical (unpaired) electrons. The van der Waals surface area contributed by atoms with E-state index >= 15 is 0 Å². The molecule has 0 spiro atoms. The molecule has 1 aromatic heterocycles. The number of hydrazone groups is 1. The molecule has 6 heteroatoms. The largest absolute Gasteiger partial charge is 0.494 e. The maximum absolute atomic E-state index is 11.9. The summed E-state index contributed by atoms with van der Waals surface area (Å²) in [4.78, 5) is 18.9. The number of aromatic amines is 1. The number of para-hydroxylation sites is 1. The number of aromatic nitrogens is 2. The van der Waals surface area contributed by atoms with Gasteiger partial charge in [0.25, 0.3) is 5.56 Å². The van der Waals surface area contributed by atoms with E-state index in [0.29, 0.717) is 23.5 Å². The van der Waals surface area contributed by atoms with Crippen molar-refractivity contribution >= 4 is 23.1 Å². The van der Waals surface area contributed by atoms with Crippen molar-refractivity contribution in [1.82, 2.24) is 9.97 Å². The summed E-state index contributed by atoms with van der Waals surface area (Å²) in [5.74, 6) is 1.12. The van der Waals surface area contributed by atoms with E-state index in [1.807, 2.05) is 37.3 Å². The van der Waals surface area contributed by atoms with Crippen LogP contribution in [0.15, 0.2) is 58.4 Å². The van der Waals surface area contributed by atoms with Gasteiger partial charge in [-0.15, -0.1) is 0 Å². The second-order valence-corrected chi connectivity index (χ2v) is 4.80. The number of ether oxygens (including phenoxy) is 1. The average molecular weight is 308 g/mol. The SMILES string of the molecule is CCOc1ccc(/C=N/Nc2nc3ccccc3c(=O)[nH]2)cc1. The van der Waals surface area contributed by atoms with Crippen LogP contribution in [0.1, 0.15) is 12.5 Å². The summed E-state index contributed by atoms with van der Waals surface area (Å²) >= 11 is 0. The van der Waals surface area contributed by atoms with E-state index in [1.54, 1.807) is 24.4 Å². The first-order valence-electron chi connectivity index (χ1n) is 7.27. The molecule has 2 N–H and O–H groups in total. The standard InChI is InChI=1S/C17H16N4O2/c1-2-23-13-9-7-12(8-10-13)11-18-21-17-19-15-6-4-3-5-14(15)16(22)20-17/h3-11H,2H2,1H3,(H2,19,20,21,22)/b18-11+. The Morgan fingerprint density at radius 3 is 2.78 bits per heavy atom. The zero-order valence-corrected chi connectivity index (χ0v) is 12.6. The lowest BCUT2D eigenvalue weighted by atomic mass is 10.2. The highest BCUT2D eigenvalue weighted by Gasteiger charge is 2.01. The van der Waals surface area contributed by atoms with Gasteiger partial charge in [0.1, 0.15) is 5.75 Å². The molecule has 0 bridgehead atoms. The van der Waals surface area contributed by atoms with Gasteiger partial charge in [-0.05, 0) is 48.9 Å². The number of rotatable bonds is 5. The van der Waals surface area contributed by atoms with Gasteiger partial charge in [0.15, 0.2) is 0 Å². The van der Waals surface area contributed by atoms with Gasteiger partial charge >= 0.3 is 0 Å². The summed E-state index contributed by atoms with van der Waals surface area (Å²) in [7, 11) is 0. The van der Waals surface area contributed by atoms with Crippen LogP contribution in [0.25, 0.3) is 10.9 Å². The van der Waals surface area contributed by atoms with Gasteiger partial charge in [0.05, 0.1) is 23.7 Å². The molecule has 3 rings (SSSR count). The predicted octanol–water partition coefficient (Wildman–Crippen LogP) is 2.77. The number of anilines is 1. The number of hydrogen-bond acceptors (Lipinski definition) is 5. The van der Waals surface area contributed by atoms with Crippen molar-refractivity contribution < 1.29 is 4.74 Å². The lowest BCUT2D eigenvalue weighted by molar-refractivity contribution is 0.340. The topological polar surface area (TPSA) is 79.4 Å². The van der Waals surface area contributed by atoms with Crippen LogP contribution < -0.4 is 15.7 Å². The number of benzene rings is 2. The Morgan fingerprint density at radius 2 is 2.00 bits per heavy atom. The molecule has 0 aliphatic heterocycles. The lowest BCUT2D eigenvalue weighted by Crippen LogP contribution is -2.10. The zero-order chi connectivity index (χ0) is 16.1. The van der Waals surface area contributed by atoms with E-state index < -0.39 is 0 Å². The van der Waals surface area contributed by atoms with E-state index in [4.69, 9.17) is 4.74 Å². The summed E-state index contributed by atoms with van der Waals surface area (Å²) < 4.78 is 5.38. The van der Waals surface area contributed by atoms with Crippen molar-refractivity contribution in [1.29, 1.82) is 0 Å². The molecular weight excluding hydrogens is 292 g/mol. The number of fused-ring (bicyclic) bond motifs is 1. The molecule has 3 aromatic rings. The molecule has 0 saturated heterocycles. The molecule has 0 fully saturated rings. The van der Waals surface area contributed by atoms with Gasteiger partial charge in [-0.3, -0.25) is 9.78 Å². The first kappa shape index (κ1) is 14.8. The van der Waals surface area contributed by atoms with Crippen LogP contribution in [0.4, 0.5) is 5.95 Å². The van der Waals surface area contributed by atoms with Crippen molar-refractivity contribution in [2.24, 2.45) is 5.10 Å². The Bertz CT molecular complexity index is 885. The number of nitrogens with one attached hydrogen (secondary N) is 2. The second kappa shape index (κ2) is 6.74. The summed E-state index contributed by atoms with van der Waals surface area (Å²) in [5.41, 5.74) is 4.06. The highest BCUT2D eigenvalue weighted by Crippen LogP contribution is 2.11. The molecule has 0 unspecified atom stereocenters. The third-order valence-electron chi connectivity index (χ3n) is 3.19. The fourth-order valence-corrected chi connectivity index (χ4v) is 2.12. The van der Waals surface area contributed by atoms with Crippen molar-refractivity contribution in [2.75, 3.05) is 12.0 Å². The van der Waals surface area contributed by atoms with Crippen LogP contribution >= 0.6 is 0 Å². The van der Waals surface area contributed by atoms with Gasteiger partial charge < -0.3 is 4.74 Å². The Morgan fingerprint density at radius 1 is 1.22 bits per heavy atom. The Hall–Kier alpha value is -3.15. The molecule has 2 aromatic carbocycles. The number of hydrogen-bond donors (Lipinski definition) is 2. The predicted molar refractivity (Wildman–Crippen MR) is 91.2 cm³/mol. The summed E-state index contributed by atoms with van der Waals surface area (Å²) in [6.07, 6.45) is 1.64. The van der Waals surface area contributed by atoms with Gasteiger partial charge in [-0.2, -0.15) is 5.10 Å². The van der Waals surface area contributed by atoms with E-state index in [-0.39, 0.29) is 5.56 Å². The monoisotopic (exact) mass is 308 g/mol. The molecule has 23 heavy (non-hydrogen) atoms. The summed E-state index contributed by atoms with van der Waals surface area (Å²) in [6.45, 7) is 2.58. The van der Waals surface area contributed by atoms with Crippen LogP contribution in [0.3, 0.4) is 0 Å². The van der Waals surface area contributed by atoms with Gasteiger partial charge in [0, 0.05) is 0 Å². The quantitative estimate of drug-likeness (QED) is 0.561. The van der Waals surface area contributed by atoms with Crippen LogP contribution in [-0.4, -0.2) is 22.8 Å². The first-order valence-corrected chi connectivity index (χ1v) is 7.27. The molecule has 116 valence electrons. The smallest absolute Gasteiger partial charge is 0.260 e. The molecular formula is C17H16N4O2. The molecule has 0 atom stereocenters. The Balaban J connectivity index is 1.73. The van der Waals surface area contributed by atoms with Crippen molar-refractivity contribution in [3.63, 3.8) is 0 Å². The minimum absolute atomic E-state index is 0.200. The molecule has 1 heterocycles. The van der Waals surface area contributed by atoms with Gasteiger partial charge in [-0.25, -0.2) is 10.4 Å². The fourth-order valence-electron chi connectivity index (χ4n) is 2.12.